The number of nitrogens with zero attached hydrogens (tertiary/aromatic N) is 1. The van der Waals surface area contributed by atoms with Gasteiger partial charge in [-0.25, -0.2) is 10.6 Å². The first-order valence-corrected chi connectivity index (χ1v) is 4.89. The molecule has 3 amide bonds. The van der Waals surface area contributed by atoms with Crippen LogP contribution in [0.2, 0.25) is 0 Å². The molecule has 1 rings (SSSR count). The highest BCUT2D eigenvalue weighted by atomic mass is 16.2. The average molecular weight is 234 g/mol. The highest BCUT2D eigenvalue weighted by molar-refractivity contribution is 6.03. The zero-order valence-electron chi connectivity index (χ0n) is 9.22. The Morgan fingerprint density at radius 3 is 2.59 bits per heavy atom. The zero-order valence-corrected chi connectivity index (χ0v) is 9.22. The van der Waals surface area contributed by atoms with Gasteiger partial charge in [0, 0.05) is 6.54 Å². The van der Waals surface area contributed by atoms with Crippen molar-refractivity contribution in [3.8, 4) is 0 Å². The van der Waals surface area contributed by atoms with E-state index in [1.165, 1.54) is 17.0 Å². The summed E-state index contributed by atoms with van der Waals surface area (Å²) < 4.78 is 0. The number of hydrazine groups is 1. The monoisotopic (exact) mass is 234 g/mol. The lowest BCUT2D eigenvalue weighted by molar-refractivity contribution is 0.100. The molecule has 6 heteroatoms. The van der Waals surface area contributed by atoms with Gasteiger partial charge in [-0.15, -0.1) is 6.58 Å². The van der Waals surface area contributed by atoms with Crippen molar-refractivity contribution in [2.45, 2.75) is 0 Å². The molecule has 0 unspecified atom stereocenters. The molecule has 0 aliphatic heterocycles. The molecule has 1 aromatic carbocycles. The third-order valence-corrected chi connectivity index (χ3v) is 2.14. The molecule has 0 radical (unpaired) electrons. The van der Waals surface area contributed by atoms with Crippen molar-refractivity contribution in [1.29, 1.82) is 0 Å². The Balaban J connectivity index is 3.22. The predicted molar refractivity (Wildman–Crippen MR) is 65.2 cm³/mol. The molecule has 0 spiro atoms. The summed E-state index contributed by atoms with van der Waals surface area (Å²) >= 11 is 0. The second-order valence-electron chi connectivity index (χ2n) is 3.23. The van der Waals surface area contributed by atoms with E-state index < -0.39 is 11.9 Å². The quantitative estimate of drug-likeness (QED) is 0.303. The summed E-state index contributed by atoms with van der Waals surface area (Å²) in [5.74, 6) is 4.46. The number of para-hydroxylation sites is 1. The third-order valence-electron chi connectivity index (χ3n) is 2.14. The van der Waals surface area contributed by atoms with Gasteiger partial charge in [0.25, 0.3) is 5.91 Å². The molecule has 5 N–H and O–H groups in total. The molecule has 0 atom stereocenters. The first-order chi connectivity index (χ1) is 8.11. The summed E-state index contributed by atoms with van der Waals surface area (Å²) in [4.78, 5) is 24.1. The smallest absolute Gasteiger partial charge is 0.336 e. The number of benzene rings is 1. The number of carbonyl (C=O) groups excluding carboxylic acids is 2. The fraction of sp³-hybridized carbons (Fsp3) is 0.0909. The highest BCUT2D eigenvalue weighted by Crippen LogP contribution is 2.19. The van der Waals surface area contributed by atoms with Gasteiger partial charge in [-0.3, -0.25) is 15.1 Å². The van der Waals surface area contributed by atoms with Crippen LogP contribution in [0.5, 0.6) is 0 Å². The molecule has 0 bridgehead atoms. The lowest BCUT2D eigenvalue weighted by atomic mass is 10.1. The SMILES string of the molecule is C=CCN(C(=O)NN)c1ccccc1C(N)=O. The van der Waals surface area contributed by atoms with Gasteiger partial charge in [0.05, 0.1) is 11.3 Å². The summed E-state index contributed by atoms with van der Waals surface area (Å²) in [6, 6.07) is 5.97. The fourth-order valence-corrected chi connectivity index (χ4v) is 1.42. The van der Waals surface area contributed by atoms with Crippen LogP contribution in [0.4, 0.5) is 10.5 Å². The first-order valence-electron chi connectivity index (χ1n) is 4.89. The van der Waals surface area contributed by atoms with Crippen LogP contribution in [0.25, 0.3) is 0 Å². The van der Waals surface area contributed by atoms with E-state index in [-0.39, 0.29) is 12.1 Å². The number of nitrogens with two attached hydrogens (primary N) is 2. The maximum absolute atomic E-state index is 11.6. The van der Waals surface area contributed by atoms with E-state index in [9.17, 15) is 9.59 Å². The lowest BCUT2D eigenvalue weighted by Crippen LogP contribution is -2.44. The number of primary amides is 1. The van der Waals surface area contributed by atoms with E-state index in [4.69, 9.17) is 11.6 Å². The fourth-order valence-electron chi connectivity index (χ4n) is 1.42. The van der Waals surface area contributed by atoms with Gasteiger partial charge < -0.3 is 5.73 Å². The number of rotatable bonds is 4. The van der Waals surface area contributed by atoms with Gasteiger partial charge in [-0.05, 0) is 12.1 Å². The van der Waals surface area contributed by atoms with Crippen LogP contribution in [0.1, 0.15) is 10.4 Å². The highest BCUT2D eigenvalue weighted by Gasteiger charge is 2.18. The Kier molecular flexibility index (Phi) is 4.24. The molecule has 0 saturated heterocycles. The minimum absolute atomic E-state index is 0.216. The minimum atomic E-state index is -0.612. The summed E-state index contributed by atoms with van der Waals surface area (Å²) in [6.45, 7) is 3.75. The van der Waals surface area contributed by atoms with Crippen LogP contribution in [0, 0.1) is 0 Å². The number of amides is 3. The third kappa shape index (κ3) is 2.82. The molecular formula is C11H14N4O2. The van der Waals surface area contributed by atoms with Crippen molar-refractivity contribution in [3.63, 3.8) is 0 Å². The molecular weight excluding hydrogens is 220 g/mol. The maximum Gasteiger partial charge on any atom is 0.336 e. The second-order valence-corrected chi connectivity index (χ2v) is 3.23. The number of carbonyl (C=O) groups is 2. The van der Waals surface area contributed by atoms with Crippen LogP contribution >= 0.6 is 0 Å². The number of hydrogen-bond donors (Lipinski definition) is 3. The van der Waals surface area contributed by atoms with Gasteiger partial charge in [0.15, 0.2) is 0 Å². The standard InChI is InChI=1S/C11H14N4O2/c1-2-7-15(11(17)14-13)9-6-4-3-5-8(9)10(12)16/h2-6H,1,7,13H2,(H2,12,16)(H,14,17). The molecule has 0 aromatic heterocycles. The summed E-state index contributed by atoms with van der Waals surface area (Å²) in [7, 11) is 0. The van der Waals surface area contributed by atoms with Crippen LogP contribution in [0.15, 0.2) is 36.9 Å². The second kappa shape index (κ2) is 5.66. The van der Waals surface area contributed by atoms with E-state index in [1.54, 1.807) is 18.2 Å². The van der Waals surface area contributed by atoms with Crippen molar-refractivity contribution in [3.05, 3.63) is 42.5 Å². The normalized spacial score (nSPS) is 9.47. The number of anilines is 1. The van der Waals surface area contributed by atoms with Crippen molar-refractivity contribution >= 4 is 17.6 Å². The molecule has 17 heavy (non-hydrogen) atoms. The van der Waals surface area contributed by atoms with Crippen LogP contribution in [-0.4, -0.2) is 18.5 Å². The van der Waals surface area contributed by atoms with Gasteiger partial charge in [0.1, 0.15) is 0 Å². The molecule has 0 fully saturated rings. The van der Waals surface area contributed by atoms with Crippen LogP contribution < -0.4 is 21.9 Å². The van der Waals surface area contributed by atoms with E-state index in [0.29, 0.717) is 5.69 Å². The molecule has 1 aromatic rings. The maximum atomic E-state index is 11.6. The molecule has 0 saturated carbocycles. The Labute approximate surface area is 98.8 Å². The lowest BCUT2D eigenvalue weighted by Gasteiger charge is -2.22. The summed E-state index contributed by atoms with van der Waals surface area (Å²) in [5, 5.41) is 0. The zero-order chi connectivity index (χ0) is 12.8. The largest absolute Gasteiger partial charge is 0.366 e. The van der Waals surface area contributed by atoms with E-state index >= 15 is 0 Å². The predicted octanol–water partition coefficient (Wildman–Crippen LogP) is 0.361. The van der Waals surface area contributed by atoms with E-state index in [1.807, 2.05) is 5.43 Å². The van der Waals surface area contributed by atoms with Crippen molar-refractivity contribution in [1.82, 2.24) is 5.43 Å². The summed E-state index contributed by atoms with van der Waals surface area (Å²) in [6.07, 6.45) is 1.52. The minimum Gasteiger partial charge on any atom is -0.366 e. The van der Waals surface area contributed by atoms with Crippen molar-refractivity contribution in [2.24, 2.45) is 11.6 Å². The van der Waals surface area contributed by atoms with Gasteiger partial charge in [0.2, 0.25) is 0 Å². The molecule has 0 heterocycles. The number of nitrogens with one attached hydrogen (secondary N) is 1. The number of hydrogen-bond acceptors (Lipinski definition) is 3. The van der Waals surface area contributed by atoms with Crippen LogP contribution in [0.3, 0.4) is 0 Å². The Morgan fingerprint density at radius 2 is 2.06 bits per heavy atom. The topological polar surface area (TPSA) is 101 Å². The Hall–Kier alpha value is -2.34. The molecule has 90 valence electrons. The van der Waals surface area contributed by atoms with E-state index in [0.717, 1.165) is 0 Å². The van der Waals surface area contributed by atoms with Crippen molar-refractivity contribution in [2.75, 3.05) is 11.4 Å². The average Bonchev–Trinajstić information content (AvgIpc) is 2.35. The molecule has 6 nitrogen and oxygen atoms in total. The summed E-state index contributed by atoms with van der Waals surface area (Å²) in [5.41, 5.74) is 7.88. The van der Waals surface area contributed by atoms with Gasteiger partial charge >= 0.3 is 6.03 Å². The van der Waals surface area contributed by atoms with E-state index in [2.05, 4.69) is 6.58 Å². The Morgan fingerprint density at radius 1 is 1.41 bits per heavy atom. The first kappa shape index (κ1) is 12.7. The molecule has 0 aliphatic carbocycles. The van der Waals surface area contributed by atoms with Crippen molar-refractivity contribution < 1.29 is 9.59 Å². The Bertz CT molecular complexity index is 445. The van der Waals surface area contributed by atoms with Gasteiger partial charge in [-0.1, -0.05) is 18.2 Å². The molecule has 0 aliphatic rings. The number of urea groups is 1. The van der Waals surface area contributed by atoms with Gasteiger partial charge in [-0.2, -0.15) is 0 Å². The van der Waals surface area contributed by atoms with Crippen LogP contribution in [-0.2, 0) is 0 Å².